The molecule has 0 saturated carbocycles. The van der Waals surface area contributed by atoms with Gasteiger partial charge in [0, 0.05) is 6.92 Å². The second-order valence-electron chi connectivity index (χ2n) is 1.92. The topological polar surface area (TPSA) is 56.2 Å². The lowest BCUT2D eigenvalue weighted by Crippen LogP contribution is -1.95. The molecule has 0 aliphatic carbocycles. The molecular formula is C6H5ClN4. The standard InChI is InChI=1S/C6H5ClN4/c1-3-4(7)11-5(8)6(9-2)10-3/h1H3,(H2,8,11). The van der Waals surface area contributed by atoms with Gasteiger partial charge >= 0.3 is 5.82 Å². The van der Waals surface area contributed by atoms with Crippen LogP contribution in [0.3, 0.4) is 0 Å². The minimum atomic E-state index is 0.0793. The Hall–Kier alpha value is -1.34. The Bertz CT molecular complexity index is 328. The van der Waals surface area contributed by atoms with Gasteiger partial charge < -0.3 is 10.6 Å². The van der Waals surface area contributed by atoms with Gasteiger partial charge in [-0.2, -0.15) is 0 Å². The van der Waals surface area contributed by atoms with Gasteiger partial charge in [-0.05, 0) is 0 Å². The smallest absolute Gasteiger partial charge is 0.312 e. The predicted octanol–water partition coefficient (Wildman–Crippen LogP) is 1.57. The van der Waals surface area contributed by atoms with Gasteiger partial charge in [0.25, 0.3) is 0 Å². The first-order valence-corrected chi connectivity index (χ1v) is 3.20. The molecule has 0 amide bonds. The average Bonchev–Trinajstić information content (AvgIpc) is 1.97. The third-order valence-electron chi connectivity index (χ3n) is 1.13. The normalized spacial score (nSPS) is 9.18. The number of anilines is 1. The number of halogens is 1. The highest BCUT2D eigenvalue weighted by atomic mass is 35.5. The third-order valence-corrected chi connectivity index (χ3v) is 1.48. The number of aryl methyl sites for hydroxylation is 1. The maximum Gasteiger partial charge on any atom is 0.312 e. The van der Waals surface area contributed by atoms with Crippen LogP contribution in [0.5, 0.6) is 0 Å². The predicted molar refractivity (Wildman–Crippen MR) is 42.5 cm³/mol. The van der Waals surface area contributed by atoms with Gasteiger partial charge in [-0.15, -0.1) is 4.98 Å². The first kappa shape index (κ1) is 7.76. The molecular weight excluding hydrogens is 164 g/mol. The highest BCUT2D eigenvalue weighted by Gasteiger charge is 2.07. The lowest BCUT2D eigenvalue weighted by Gasteiger charge is -1.96. The summed E-state index contributed by atoms with van der Waals surface area (Å²) in [5.41, 5.74) is 5.85. The van der Waals surface area contributed by atoms with E-state index in [9.17, 15) is 0 Å². The van der Waals surface area contributed by atoms with Crippen LogP contribution in [-0.2, 0) is 0 Å². The monoisotopic (exact) mass is 168 g/mol. The van der Waals surface area contributed by atoms with Gasteiger partial charge in [-0.3, -0.25) is 0 Å². The zero-order valence-electron chi connectivity index (χ0n) is 5.80. The molecule has 0 spiro atoms. The zero-order valence-corrected chi connectivity index (χ0v) is 6.55. The lowest BCUT2D eigenvalue weighted by atomic mass is 10.5. The Kier molecular flexibility index (Phi) is 1.92. The first-order valence-electron chi connectivity index (χ1n) is 2.82. The van der Waals surface area contributed by atoms with Gasteiger partial charge in [-0.1, -0.05) is 18.2 Å². The molecule has 1 heterocycles. The molecule has 0 aromatic carbocycles. The SMILES string of the molecule is [C-]#[N+]c1nc(C)c(Cl)nc1N. The van der Waals surface area contributed by atoms with Crippen molar-refractivity contribution in [1.29, 1.82) is 0 Å². The quantitative estimate of drug-likeness (QED) is 0.599. The molecule has 0 unspecified atom stereocenters. The maximum absolute atomic E-state index is 6.65. The molecule has 0 radical (unpaired) electrons. The fraction of sp³-hybridized carbons (Fsp3) is 0.167. The Balaban J connectivity index is 3.35. The van der Waals surface area contributed by atoms with E-state index in [4.69, 9.17) is 23.9 Å². The van der Waals surface area contributed by atoms with Crippen LogP contribution >= 0.6 is 11.6 Å². The van der Waals surface area contributed by atoms with Crippen LogP contribution in [0.2, 0.25) is 5.15 Å². The number of aromatic nitrogens is 2. The van der Waals surface area contributed by atoms with E-state index in [2.05, 4.69) is 14.8 Å². The number of nitrogens with two attached hydrogens (primary N) is 1. The Morgan fingerprint density at radius 1 is 1.55 bits per heavy atom. The van der Waals surface area contributed by atoms with E-state index in [1.165, 1.54) is 0 Å². The van der Waals surface area contributed by atoms with Crippen LogP contribution in [0.4, 0.5) is 11.6 Å². The molecule has 0 atom stereocenters. The van der Waals surface area contributed by atoms with Crippen LogP contribution in [0, 0.1) is 13.5 Å². The highest BCUT2D eigenvalue weighted by molar-refractivity contribution is 6.30. The minimum absolute atomic E-state index is 0.0793. The van der Waals surface area contributed by atoms with Crippen molar-refractivity contribution in [2.24, 2.45) is 0 Å². The third kappa shape index (κ3) is 1.38. The second kappa shape index (κ2) is 2.72. The van der Waals surface area contributed by atoms with Gasteiger partial charge in [0.1, 0.15) is 0 Å². The molecule has 1 rings (SSSR count). The molecule has 4 nitrogen and oxygen atoms in total. The van der Waals surface area contributed by atoms with Gasteiger partial charge in [-0.25, -0.2) is 4.98 Å². The van der Waals surface area contributed by atoms with Crippen molar-refractivity contribution < 1.29 is 0 Å². The number of hydrogen-bond acceptors (Lipinski definition) is 3. The fourth-order valence-electron chi connectivity index (χ4n) is 0.581. The largest absolute Gasteiger partial charge is 0.391 e. The summed E-state index contributed by atoms with van der Waals surface area (Å²) in [5, 5.41) is 0.245. The van der Waals surface area contributed by atoms with Crippen LogP contribution < -0.4 is 5.73 Å². The molecule has 0 saturated heterocycles. The summed E-state index contributed by atoms with van der Waals surface area (Å²) < 4.78 is 0. The Morgan fingerprint density at radius 2 is 2.18 bits per heavy atom. The Morgan fingerprint density at radius 3 is 2.73 bits per heavy atom. The molecule has 5 heteroatoms. The summed E-state index contributed by atoms with van der Waals surface area (Å²) in [4.78, 5) is 10.6. The second-order valence-corrected chi connectivity index (χ2v) is 2.28. The molecule has 1 aromatic heterocycles. The van der Waals surface area contributed by atoms with Crippen molar-refractivity contribution in [1.82, 2.24) is 9.97 Å². The Labute approximate surface area is 68.8 Å². The molecule has 2 N–H and O–H groups in total. The van der Waals surface area contributed by atoms with Crippen LogP contribution in [0.25, 0.3) is 4.85 Å². The summed E-state index contributed by atoms with van der Waals surface area (Å²) in [7, 11) is 0. The van der Waals surface area contributed by atoms with E-state index in [1.807, 2.05) is 0 Å². The first-order chi connectivity index (χ1) is 5.15. The van der Waals surface area contributed by atoms with Crippen LogP contribution in [0.15, 0.2) is 0 Å². The molecule has 56 valence electrons. The van der Waals surface area contributed by atoms with Gasteiger partial charge in [0.05, 0.1) is 0 Å². The molecule has 1 aromatic rings. The number of nitrogen functional groups attached to an aromatic ring is 1. The zero-order chi connectivity index (χ0) is 8.43. The lowest BCUT2D eigenvalue weighted by molar-refractivity contribution is 1.14. The molecule has 0 aliphatic rings. The summed E-state index contributed by atoms with van der Waals surface area (Å²) in [6.45, 7) is 8.32. The molecule has 0 bridgehead atoms. The summed E-state index contributed by atoms with van der Waals surface area (Å²) >= 11 is 5.59. The van der Waals surface area contributed by atoms with Crippen molar-refractivity contribution in [3.05, 3.63) is 22.3 Å². The summed E-state index contributed by atoms with van der Waals surface area (Å²) in [6.07, 6.45) is 0. The molecule has 0 aliphatic heterocycles. The number of rotatable bonds is 0. The molecule has 11 heavy (non-hydrogen) atoms. The fourth-order valence-corrected chi connectivity index (χ4v) is 0.714. The highest BCUT2D eigenvalue weighted by Crippen LogP contribution is 2.20. The number of hydrogen-bond donors (Lipinski definition) is 1. The number of nitrogens with zero attached hydrogens (tertiary/aromatic N) is 3. The van der Waals surface area contributed by atoms with E-state index < -0.39 is 0 Å². The van der Waals surface area contributed by atoms with E-state index in [-0.39, 0.29) is 16.8 Å². The van der Waals surface area contributed by atoms with Crippen molar-refractivity contribution in [3.8, 4) is 0 Å². The van der Waals surface area contributed by atoms with E-state index >= 15 is 0 Å². The van der Waals surface area contributed by atoms with Gasteiger partial charge in [0.15, 0.2) is 16.7 Å². The van der Waals surface area contributed by atoms with Crippen molar-refractivity contribution >= 4 is 23.2 Å². The van der Waals surface area contributed by atoms with Crippen LogP contribution in [0.1, 0.15) is 5.69 Å². The average molecular weight is 169 g/mol. The van der Waals surface area contributed by atoms with Gasteiger partial charge in [0.2, 0.25) is 0 Å². The maximum atomic E-state index is 6.65. The van der Waals surface area contributed by atoms with Crippen LogP contribution in [-0.4, -0.2) is 9.97 Å². The van der Waals surface area contributed by atoms with Crippen molar-refractivity contribution in [2.45, 2.75) is 6.92 Å². The van der Waals surface area contributed by atoms with E-state index in [0.29, 0.717) is 5.69 Å². The minimum Gasteiger partial charge on any atom is -0.391 e. The summed E-state index contributed by atoms with van der Waals surface area (Å²) in [5.74, 6) is 0.183. The van der Waals surface area contributed by atoms with E-state index in [0.717, 1.165) is 0 Å². The van der Waals surface area contributed by atoms with E-state index in [1.54, 1.807) is 6.92 Å². The van der Waals surface area contributed by atoms with Crippen molar-refractivity contribution in [2.75, 3.05) is 5.73 Å². The van der Waals surface area contributed by atoms with Crippen molar-refractivity contribution in [3.63, 3.8) is 0 Å². The summed E-state index contributed by atoms with van der Waals surface area (Å²) in [6, 6.07) is 0. The molecule has 0 fully saturated rings.